The number of hydrogen-bond donors (Lipinski definition) is 2. The van der Waals surface area contributed by atoms with Crippen LogP contribution in [0, 0.1) is 11.8 Å². The molecule has 1 aromatic heterocycles. The summed E-state index contributed by atoms with van der Waals surface area (Å²) < 4.78 is 0. The van der Waals surface area contributed by atoms with E-state index in [4.69, 9.17) is 0 Å². The number of pyridine rings is 1. The van der Waals surface area contributed by atoms with E-state index in [0.29, 0.717) is 23.4 Å². The third-order valence-electron chi connectivity index (χ3n) is 6.03. The predicted octanol–water partition coefficient (Wildman–Crippen LogP) is 3.60. The molecule has 3 aliphatic rings. The molecule has 4 rings (SSSR count). The summed E-state index contributed by atoms with van der Waals surface area (Å²) in [5.74, 6) is 1.17. The third-order valence-corrected chi connectivity index (χ3v) is 6.03. The van der Waals surface area contributed by atoms with Crippen molar-refractivity contribution in [3.8, 4) is 0 Å². The van der Waals surface area contributed by atoms with E-state index in [1.165, 1.54) is 6.42 Å². The van der Waals surface area contributed by atoms with Crippen molar-refractivity contribution in [3.63, 3.8) is 0 Å². The number of rotatable bonds is 3. The van der Waals surface area contributed by atoms with Crippen molar-refractivity contribution in [2.24, 2.45) is 11.8 Å². The highest BCUT2D eigenvalue weighted by atomic mass is 16.3. The van der Waals surface area contributed by atoms with Gasteiger partial charge in [-0.05, 0) is 57.8 Å². The number of fused-ring (bicyclic) bond motifs is 3. The number of carbonyl (C=O) groups excluding carboxylic acids is 1. The van der Waals surface area contributed by atoms with Gasteiger partial charge in [0.2, 0.25) is 0 Å². The first kappa shape index (κ1) is 15.8. The van der Waals surface area contributed by atoms with Gasteiger partial charge in [-0.3, -0.25) is 9.78 Å². The van der Waals surface area contributed by atoms with Crippen LogP contribution in [0.25, 0.3) is 6.08 Å². The number of nitrogens with one attached hydrogen (secondary N) is 1. The summed E-state index contributed by atoms with van der Waals surface area (Å²) in [7, 11) is 0. The van der Waals surface area contributed by atoms with Gasteiger partial charge in [0, 0.05) is 24.2 Å². The van der Waals surface area contributed by atoms with Gasteiger partial charge in [-0.1, -0.05) is 12.2 Å². The number of ketones is 1. The molecule has 0 amide bonds. The largest absolute Gasteiger partial charge is 0.390 e. The van der Waals surface area contributed by atoms with Gasteiger partial charge >= 0.3 is 0 Å². The Morgan fingerprint density at radius 2 is 2.21 bits per heavy atom. The van der Waals surface area contributed by atoms with Crippen LogP contribution in [0.5, 0.6) is 0 Å². The van der Waals surface area contributed by atoms with Crippen molar-refractivity contribution in [1.82, 2.24) is 4.98 Å². The van der Waals surface area contributed by atoms with Crippen LogP contribution in [0.3, 0.4) is 0 Å². The first-order valence-electron chi connectivity index (χ1n) is 9.11. The maximum absolute atomic E-state index is 12.1. The topological polar surface area (TPSA) is 62.2 Å². The van der Waals surface area contributed by atoms with Crippen molar-refractivity contribution in [3.05, 3.63) is 29.1 Å². The maximum Gasteiger partial charge on any atom is 0.163 e. The zero-order valence-corrected chi connectivity index (χ0v) is 14.5. The van der Waals surface area contributed by atoms with Crippen LogP contribution < -0.4 is 5.32 Å². The van der Waals surface area contributed by atoms with Crippen molar-refractivity contribution in [2.45, 2.75) is 64.0 Å². The molecule has 128 valence electrons. The highest BCUT2D eigenvalue weighted by Gasteiger charge is 2.42. The Balaban J connectivity index is 1.65. The van der Waals surface area contributed by atoms with Crippen LogP contribution in [0.4, 0.5) is 5.69 Å². The molecule has 3 aliphatic carbocycles. The minimum absolute atomic E-state index is 0.0532. The van der Waals surface area contributed by atoms with E-state index < -0.39 is 5.60 Å². The average molecular weight is 326 g/mol. The smallest absolute Gasteiger partial charge is 0.163 e. The number of anilines is 1. The first-order valence-corrected chi connectivity index (χ1v) is 9.11. The highest BCUT2D eigenvalue weighted by molar-refractivity contribution is 6.01. The number of carbonyl (C=O) groups is 1. The minimum Gasteiger partial charge on any atom is -0.390 e. The number of hydrogen-bond acceptors (Lipinski definition) is 4. The first-order chi connectivity index (χ1) is 11.4. The molecule has 4 heteroatoms. The Bertz CT molecular complexity index is 708. The van der Waals surface area contributed by atoms with E-state index in [0.717, 1.165) is 49.0 Å². The van der Waals surface area contributed by atoms with Crippen LogP contribution in [0.1, 0.15) is 67.6 Å². The number of aliphatic hydroxyl groups is 1. The van der Waals surface area contributed by atoms with Gasteiger partial charge in [-0.2, -0.15) is 0 Å². The number of Topliss-reactive ketones (excluding diaryl/α,β-unsaturated/α-hetero) is 1. The van der Waals surface area contributed by atoms with Gasteiger partial charge in [0.25, 0.3) is 0 Å². The van der Waals surface area contributed by atoms with E-state index in [1.54, 1.807) is 13.1 Å². The predicted molar refractivity (Wildman–Crippen MR) is 95.1 cm³/mol. The molecule has 1 heterocycles. The highest BCUT2D eigenvalue weighted by Crippen LogP contribution is 2.45. The summed E-state index contributed by atoms with van der Waals surface area (Å²) in [5.41, 5.74) is 3.22. The molecule has 4 atom stereocenters. The Morgan fingerprint density at radius 1 is 1.38 bits per heavy atom. The summed E-state index contributed by atoms with van der Waals surface area (Å²) >= 11 is 0. The molecule has 1 unspecified atom stereocenters. The molecule has 2 N–H and O–H groups in total. The van der Waals surface area contributed by atoms with E-state index in [-0.39, 0.29) is 5.78 Å². The van der Waals surface area contributed by atoms with Gasteiger partial charge in [0.15, 0.2) is 5.78 Å². The van der Waals surface area contributed by atoms with Crippen molar-refractivity contribution >= 4 is 17.5 Å². The Labute approximate surface area is 143 Å². The fraction of sp³-hybridized carbons (Fsp3) is 0.600. The molecule has 0 radical (unpaired) electrons. The van der Waals surface area contributed by atoms with Crippen molar-refractivity contribution in [2.75, 3.05) is 5.32 Å². The van der Waals surface area contributed by atoms with E-state index in [2.05, 4.69) is 22.5 Å². The molecule has 1 aromatic rings. The SMILES string of the molecule is CC(=O)c1cnc2c(c1N[C@H]1CCC3C[C@H]1C[C@@](C)(O)C3)C=CC2. The Kier molecular flexibility index (Phi) is 3.75. The van der Waals surface area contributed by atoms with Gasteiger partial charge in [-0.15, -0.1) is 0 Å². The maximum atomic E-state index is 12.1. The molecular weight excluding hydrogens is 300 g/mol. The Hall–Kier alpha value is -1.68. The van der Waals surface area contributed by atoms with Gasteiger partial charge < -0.3 is 10.4 Å². The van der Waals surface area contributed by atoms with Crippen LogP contribution >= 0.6 is 0 Å². The molecule has 0 aromatic carbocycles. The lowest BCUT2D eigenvalue weighted by molar-refractivity contribution is -0.0403. The van der Waals surface area contributed by atoms with E-state index in [9.17, 15) is 9.90 Å². The summed E-state index contributed by atoms with van der Waals surface area (Å²) in [6.45, 7) is 3.58. The van der Waals surface area contributed by atoms with Crippen LogP contribution in [-0.4, -0.2) is 27.5 Å². The molecule has 4 nitrogen and oxygen atoms in total. The van der Waals surface area contributed by atoms with Crippen molar-refractivity contribution < 1.29 is 9.90 Å². The molecular formula is C20H26N2O2. The minimum atomic E-state index is -0.544. The molecule has 24 heavy (non-hydrogen) atoms. The average Bonchev–Trinajstić information content (AvgIpc) is 2.97. The third kappa shape index (κ3) is 2.77. The van der Waals surface area contributed by atoms with Gasteiger partial charge in [0.05, 0.1) is 22.5 Å². The van der Waals surface area contributed by atoms with Crippen molar-refractivity contribution in [1.29, 1.82) is 0 Å². The van der Waals surface area contributed by atoms with Crippen LogP contribution in [-0.2, 0) is 6.42 Å². The fourth-order valence-electron chi connectivity index (χ4n) is 5.04. The lowest BCUT2D eigenvalue weighted by Gasteiger charge is -2.47. The Morgan fingerprint density at radius 3 is 3.00 bits per heavy atom. The van der Waals surface area contributed by atoms with E-state index >= 15 is 0 Å². The second kappa shape index (κ2) is 5.69. The normalized spacial score (nSPS) is 34.0. The lowest BCUT2D eigenvalue weighted by Crippen LogP contribution is -2.46. The molecule has 0 saturated heterocycles. The summed E-state index contributed by atoms with van der Waals surface area (Å²) in [6, 6.07) is 0.326. The number of nitrogens with zero attached hydrogens (tertiary/aromatic N) is 1. The zero-order chi connectivity index (χ0) is 16.9. The molecule has 2 fully saturated rings. The standard InChI is InChI=1S/C20H26N2O2/c1-12(23)16-11-21-18-5-3-4-15(18)19(16)22-17-7-6-13-8-14(17)10-20(2,24)9-13/h3-4,11,13-14,17,24H,5-10H2,1-2H3,(H,21,22)/t13?,14-,17-,20-/m0/s1. The summed E-state index contributed by atoms with van der Waals surface area (Å²) in [4.78, 5) is 16.5. The molecule has 2 bridgehead atoms. The quantitative estimate of drug-likeness (QED) is 0.833. The summed E-state index contributed by atoms with van der Waals surface area (Å²) in [5, 5.41) is 14.3. The molecule has 2 saturated carbocycles. The number of aromatic nitrogens is 1. The fourth-order valence-corrected chi connectivity index (χ4v) is 5.04. The summed E-state index contributed by atoms with van der Waals surface area (Å²) in [6.07, 6.45) is 12.0. The van der Waals surface area contributed by atoms with E-state index in [1.807, 2.05) is 6.92 Å². The van der Waals surface area contributed by atoms with Gasteiger partial charge in [-0.25, -0.2) is 0 Å². The monoisotopic (exact) mass is 326 g/mol. The van der Waals surface area contributed by atoms with Crippen LogP contribution in [0.2, 0.25) is 0 Å². The van der Waals surface area contributed by atoms with Gasteiger partial charge in [0.1, 0.15) is 0 Å². The lowest BCUT2D eigenvalue weighted by atomic mass is 9.64. The zero-order valence-electron chi connectivity index (χ0n) is 14.5. The second-order valence-electron chi connectivity index (χ2n) is 8.17. The second-order valence-corrected chi connectivity index (χ2v) is 8.17. The van der Waals surface area contributed by atoms with Crippen LogP contribution in [0.15, 0.2) is 12.3 Å². The number of allylic oxidation sites excluding steroid dienone is 1. The molecule has 0 spiro atoms. The molecule has 0 aliphatic heterocycles.